The number of ketones is 1. The van der Waals surface area contributed by atoms with Crippen molar-refractivity contribution >= 4 is 5.78 Å². The summed E-state index contributed by atoms with van der Waals surface area (Å²) in [6.45, 7) is 0.374. The minimum absolute atomic E-state index is 0.226. The Hall–Kier alpha value is -0.810. The Bertz CT molecular complexity index is 168. The Morgan fingerprint density at radius 2 is 2.18 bits per heavy atom. The largest absolute Gasteiger partial charge is 0.366 e. The van der Waals surface area contributed by atoms with Gasteiger partial charge in [-0.05, 0) is 12.8 Å². The van der Waals surface area contributed by atoms with E-state index in [1.54, 1.807) is 0 Å². The van der Waals surface area contributed by atoms with Crippen LogP contribution in [0.5, 0.6) is 0 Å². The van der Waals surface area contributed by atoms with Crippen molar-refractivity contribution in [2.24, 2.45) is 0 Å². The third kappa shape index (κ3) is 2.73. The minimum atomic E-state index is 0.226. The number of ether oxygens (including phenoxy) is 1. The van der Waals surface area contributed by atoms with Gasteiger partial charge in [0.2, 0.25) is 0 Å². The van der Waals surface area contributed by atoms with Gasteiger partial charge in [0.05, 0.1) is 6.10 Å². The predicted molar refractivity (Wildman–Crippen MR) is 42.0 cm³/mol. The molecule has 0 aliphatic heterocycles. The molecular formula is C9H12O2. The molecule has 0 aromatic rings. The van der Waals surface area contributed by atoms with Crippen LogP contribution >= 0.6 is 0 Å². The lowest BCUT2D eigenvalue weighted by Crippen LogP contribution is -2.21. The van der Waals surface area contributed by atoms with Crippen LogP contribution in [0.2, 0.25) is 0 Å². The molecular weight excluding hydrogens is 140 g/mol. The van der Waals surface area contributed by atoms with Gasteiger partial charge in [0.1, 0.15) is 12.4 Å². The van der Waals surface area contributed by atoms with Crippen LogP contribution in [0.1, 0.15) is 25.7 Å². The highest BCUT2D eigenvalue weighted by Gasteiger charge is 2.18. The second kappa shape index (κ2) is 4.15. The summed E-state index contributed by atoms with van der Waals surface area (Å²) in [5, 5.41) is 0. The Labute approximate surface area is 66.9 Å². The highest BCUT2D eigenvalue weighted by Crippen LogP contribution is 2.17. The van der Waals surface area contributed by atoms with E-state index in [0.29, 0.717) is 25.2 Å². The fraction of sp³-hybridized carbons (Fsp3) is 0.667. The maximum Gasteiger partial charge on any atom is 0.133 e. The summed E-state index contributed by atoms with van der Waals surface area (Å²) in [7, 11) is 0. The van der Waals surface area contributed by atoms with Gasteiger partial charge in [-0.2, -0.15) is 0 Å². The molecule has 1 fully saturated rings. The van der Waals surface area contributed by atoms with Crippen molar-refractivity contribution in [2.75, 3.05) is 6.61 Å². The molecule has 2 nitrogen and oxygen atoms in total. The zero-order chi connectivity index (χ0) is 8.10. The molecule has 0 heterocycles. The summed E-state index contributed by atoms with van der Waals surface area (Å²) in [5.74, 6) is 2.77. The molecule has 0 unspecified atom stereocenters. The maximum atomic E-state index is 10.8. The van der Waals surface area contributed by atoms with Gasteiger partial charge in [-0.25, -0.2) is 0 Å². The van der Waals surface area contributed by atoms with Gasteiger partial charge in [-0.1, -0.05) is 5.92 Å². The number of rotatable bonds is 2. The first-order chi connectivity index (χ1) is 5.33. The Morgan fingerprint density at radius 1 is 1.55 bits per heavy atom. The lowest BCUT2D eigenvalue weighted by Gasteiger charge is -2.19. The van der Waals surface area contributed by atoms with Gasteiger partial charge in [-0.3, -0.25) is 4.79 Å². The van der Waals surface area contributed by atoms with Crippen LogP contribution in [-0.2, 0) is 9.53 Å². The van der Waals surface area contributed by atoms with E-state index in [1.165, 1.54) is 0 Å². The molecule has 0 bridgehead atoms. The van der Waals surface area contributed by atoms with Crippen LogP contribution in [0.15, 0.2) is 0 Å². The lowest BCUT2D eigenvalue weighted by molar-refractivity contribution is -0.122. The normalized spacial score (nSPS) is 19.7. The highest BCUT2D eigenvalue weighted by molar-refractivity contribution is 5.79. The second-order valence-electron chi connectivity index (χ2n) is 2.75. The molecule has 1 saturated carbocycles. The van der Waals surface area contributed by atoms with Crippen molar-refractivity contribution in [2.45, 2.75) is 31.8 Å². The fourth-order valence-electron chi connectivity index (χ4n) is 1.25. The van der Waals surface area contributed by atoms with Crippen LogP contribution in [0.4, 0.5) is 0 Å². The SMILES string of the molecule is C#CCOC1CCC(=O)CC1. The van der Waals surface area contributed by atoms with Crippen molar-refractivity contribution < 1.29 is 9.53 Å². The summed E-state index contributed by atoms with van der Waals surface area (Å²) in [6.07, 6.45) is 8.28. The van der Waals surface area contributed by atoms with Crippen LogP contribution in [-0.4, -0.2) is 18.5 Å². The minimum Gasteiger partial charge on any atom is -0.366 e. The zero-order valence-electron chi connectivity index (χ0n) is 6.51. The summed E-state index contributed by atoms with van der Waals surface area (Å²) in [4.78, 5) is 10.8. The van der Waals surface area contributed by atoms with E-state index >= 15 is 0 Å². The van der Waals surface area contributed by atoms with Crippen molar-refractivity contribution in [1.29, 1.82) is 0 Å². The van der Waals surface area contributed by atoms with Gasteiger partial charge in [-0.15, -0.1) is 6.42 Å². The maximum absolute atomic E-state index is 10.8. The molecule has 0 saturated heterocycles. The Morgan fingerprint density at radius 3 is 2.73 bits per heavy atom. The second-order valence-corrected chi connectivity index (χ2v) is 2.75. The van der Waals surface area contributed by atoms with Crippen LogP contribution in [0, 0.1) is 12.3 Å². The van der Waals surface area contributed by atoms with Gasteiger partial charge in [0, 0.05) is 12.8 Å². The van der Waals surface area contributed by atoms with Gasteiger partial charge >= 0.3 is 0 Å². The van der Waals surface area contributed by atoms with E-state index in [0.717, 1.165) is 12.8 Å². The van der Waals surface area contributed by atoms with Crippen LogP contribution in [0.25, 0.3) is 0 Å². The zero-order valence-corrected chi connectivity index (χ0v) is 6.51. The number of hydrogen-bond acceptors (Lipinski definition) is 2. The van der Waals surface area contributed by atoms with Gasteiger partial charge in [0.25, 0.3) is 0 Å². The topological polar surface area (TPSA) is 26.3 Å². The van der Waals surface area contributed by atoms with Crippen molar-refractivity contribution in [3.8, 4) is 12.3 Å². The molecule has 0 aromatic carbocycles. The van der Waals surface area contributed by atoms with E-state index in [2.05, 4.69) is 5.92 Å². The van der Waals surface area contributed by atoms with Crippen LogP contribution < -0.4 is 0 Å². The van der Waals surface area contributed by atoms with E-state index in [4.69, 9.17) is 11.2 Å². The molecule has 0 radical (unpaired) electrons. The quantitative estimate of drug-likeness (QED) is 0.555. The fourth-order valence-corrected chi connectivity index (χ4v) is 1.25. The summed E-state index contributed by atoms with van der Waals surface area (Å²) in [6, 6.07) is 0. The molecule has 1 aliphatic rings. The molecule has 11 heavy (non-hydrogen) atoms. The average Bonchev–Trinajstić information content (AvgIpc) is 2.04. The summed E-state index contributed by atoms with van der Waals surface area (Å²) < 4.78 is 5.29. The molecule has 0 aromatic heterocycles. The average molecular weight is 152 g/mol. The molecule has 1 aliphatic carbocycles. The summed E-state index contributed by atoms with van der Waals surface area (Å²) in [5.41, 5.74) is 0. The molecule has 60 valence electrons. The van der Waals surface area contributed by atoms with Gasteiger partial charge < -0.3 is 4.74 Å². The smallest absolute Gasteiger partial charge is 0.133 e. The van der Waals surface area contributed by atoms with Crippen LogP contribution in [0.3, 0.4) is 0 Å². The van der Waals surface area contributed by atoms with Gasteiger partial charge in [0.15, 0.2) is 0 Å². The number of Topliss-reactive ketones (excluding diaryl/α,β-unsaturated/α-hetero) is 1. The lowest BCUT2D eigenvalue weighted by atomic mass is 9.97. The highest BCUT2D eigenvalue weighted by atomic mass is 16.5. The van der Waals surface area contributed by atoms with Crippen molar-refractivity contribution in [3.63, 3.8) is 0 Å². The number of carbonyl (C=O) groups is 1. The third-order valence-corrected chi connectivity index (χ3v) is 1.89. The van der Waals surface area contributed by atoms with E-state index in [-0.39, 0.29) is 6.10 Å². The standard InChI is InChI=1S/C9H12O2/c1-2-7-11-9-5-3-8(10)4-6-9/h1,9H,3-7H2. The number of terminal acetylenes is 1. The first-order valence-electron chi connectivity index (χ1n) is 3.89. The molecule has 0 amide bonds. The van der Waals surface area contributed by atoms with E-state index in [9.17, 15) is 4.79 Å². The Balaban J connectivity index is 2.18. The first-order valence-corrected chi connectivity index (χ1v) is 3.89. The van der Waals surface area contributed by atoms with Crippen molar-refractivity contribution in [1.82, 2.24) is 0 Å². The monoisotopic (exact) mass is 152 g/mol. The molecule has 0 N–H and O–H groups in total. The van der Waals surface area contributed by atoms with E-state index < -0.39 is 0 Å². The Kier molecular flexibility index (Phi) is 3.13. The predicted octanol–water partition coefficient (Wildman–Crippen LogP) is 1.15. The molecule has 2 heteroatoms. The van der Waals surface area contributed by atoms with Crippen molar-refractivity contribution in [3.05, 3.63) is 0 Å². The molecule has 0 atom stereocenters. The number of hydrogen-bond donors (Lipinski definition) is 0. The third-order valence-electron chi connectivity index (χ3n) is 1.89. The summed E-state index contributed by atoms with van der Waals surface area (Å²) >= 11 is 0. The molecule has 0 spiro atoms. The molecule has 1 rings (SSSR count). The van der Waals surface area contributed by atoms with E-state index in [1.807, 2.05) is 0 Å². The number of carbonyl (C=O) groups excluding carboxylic acids is 1. The first kappa shape index (κ1) is 8.29.